The number of hydrogen-bond acceptors (Lipinski definition) is 4. The van der Waals surface area contributed by atoms with Gasteiger partial charge in [-0.2, -0.15) is 0 Å². The van der Waals surface area contributed by atoms with Crippen LogP contribution in [0.25, 0.3) is 0 Å². The summed E-state index contributed by atoms with van der Waals surface area (Å²) in [4.78, 5) is 28.3. The molecule has 0 aliphatic heterocycles. The van der Waals surface area contributed by atoms with Crippen LogP contribution in [0.5, 0.6) is 0 Å². The molecule has 1 fully saturated rings. The van der Waals surface area contributed by atoms with Crippen LogP contribution >= 0.6 is 11.8 Å². The van der Waals surface area contributed by atoms with Crippen molar-refractivity contribution in [1.82, 2.24) is 9.97 Å². The Balaban J connectivity index is 2.04. The molecule has 0 aromatic carbocycles. The van der Waals surface area contributed by atoms with Crippen molar-refractivity contribution >= 4 is 17.7 Å². The zero-order valence-corrected chi connectivity index (χ0v) is 8.66. The molecular formula is C9H10N2O3S. The molecule has 2 unspecified atom stereocenters. The number of carboxylic acid groups (broad SMARTS) is 1. The first kappa shape index (κ1) is 10.2. The Morgan fingerprint density at radius 3 is 2.93 bits per heavy atom. The lowest BCUT2D eigenvalue weighted by Crippen LogP contribution is -2.35. The van der Waals surface area contributed by atoms with E-state index >= 15 is 0 Å². The Bertz CT molecular complexity index is 431. The van der Waals surface area contributed by atoms with Gasteiger partial charge in [-0.3, -0.25) is 9.59 Å². The van der Waals surface area contributed by atoms with Gasteiger partial charge in [-0.1, -0.05) is 11.8 Å². The third kappa shape index (κ3) is 2.20. The van der Waals surface area contributed by atoms with Crippen molar-refractivity contribution in [2.75, 3.05) is 0 Å². The average Bonchev–Trinajstić information content (AvgIpc) is 2.11. The van der Waals surface area contributed by atoms with E-state index in [0.717, 1.165) is 6.42 Å². The number of hydrogen-bond donors (Lipinski definition) is 2. The van der Waals surface area contributed by atoms with E-state index in [1.165, 1.54) is 24.0 Å². The summed E-state index contributed by atoms with van der Waals surface area (Å²) in [6.45, 7) is 0. The minimum absolute atomic E-state index is 0.0352. The summed E-state index contributed by atoms with van der Waals surface area (Å²) in [5.74, 6) is -1.07. The summed E-state index contributed by atoms with van der Waals surface area (Å²) >= 11 is 1.33. The number of nitrogens with one attached hydrogen (secondary N) is 1. The fraction of sp³-hybridized carbons (Fsp3) is 0.444. The first-order valence-electron chi connectivity index (χ1n) is 4.61. The van der Waals surface area contributed by atoms with Crippen molar-refractivity contribution < 1.29 is 9.90 Å². The Morgan fingerprint density at radius 1 is 1.60 bits per heavy atom. The summed E-state index contributed by atoms with van der Waals surface area (Å²) in [7, 11) is 0. The maximum atomic E-state index is 11.0. The van der Waals surface area contributed by atoms with E-state index in [2.05, 4.69) is 9.97 Å². The van der Waals surface area contributed by atoms with Crippen LogP contribution < -0.4 is 5.56 Å². The SMILES string of the molecule is O=C(O)C1CCC1Sc1nccc(=O)[nH]1. The second-order valence-electron chi connectivity index (χ2n) is 3.42. The average molecular weight is 226 g/mol. The van der Waals surface area contributed by atoms with Crippen molar-refractivity contribution in [3.63, 3.8) is 0 Å². The summed E-state index contributed by atoms with van der Waals surface area (Å²) in [5.41, 5.74) is -0.210. The lowest BCUT2D eigenvalue weighted by molar-refractivity contribution is -0.144. The molecule has 0 saturated heterocycles. The Hall–Kier alpha value is -1.30. The van der Waals surface area contributed by atoms with Crippen molar-refractivity contribution in [2.24, 2.45) is 5.92 Å². The fourth-order valence-electron chi connectivity index (χ4n) is 1.45. The normalized spacial score (nSPS) is 24.5. The van der Waals surface area contributed by atoms with Gasteiger partial charge in [0.25, 0.3) is 5.56 Å². The molecule has 2 N–H and O–H groups in total. The summed E-state index contributed by atoms with van der Waals surface area (Å²) < 4.78 is 0. The minimum Gasteiger partial charge on any atom is -0.481 e. The molecule has 1 aliphatic rings. The molecule has 1 aromatic heterocycles. The van der Waals surface area contributed by atoms with Gasteiger partial charge < -0.3 is 10.1 Å². The number of aromatic nitrogens is 2. The molecule has 2 atom stereocenters. The Labute approximate surface area is 89.9 Å². The van der Waals surface area contributed by atoms with Crippen molar-refractivity contribution in [2.45, 2.75) is 23.2 Å². The lowest BCUT2D eigenvalue weighted by atomic mass is 9.85. The molecule has 1 aromatic rings. The lowest BCUT2D eigenvalue weighted by Gasteiger charge is -2.31. The largest absolute Gasteiger partial charge is 0.481 e. The van der Waals surface area contributed by atoms with E-state index in [-0.39, 0.29) is 16.7 Å². The van der Waals surface area contributed by atoms with E-state index in [1.54, 1.807) is 0 Å². The maximum Gasteiger partial charge on any atom is 0.307 e. The van der Waals surface area contributed by atoms with Gasteiger partial charge in [0.2, 0.25) is 0 Å². The van der Waals surface area contributed by atoms with Gasteiger partial charge in [0.05, 0.1) is 5.92 Å². The number of thioether (sulfide) groups is 1. The van der Waals surface area contributed by atoms with Crippen molar-refractivity contribution in [1.29, 1.82) is 0 Å². The van der Waals surface area contributed by atoms with Crippen LogP contribution in [0.3, 0.4) is 0 Å². The number of carbonyl (C=O) groups is 1. The predicted octanol–water partition coefficient (Wildman–Crippen LogP) is 0.725. The fourth-order valence-corrected chi connectivity index (χ4v) is 2.69. The standard InChI is InChI=1S/C9H10N2O3S/c12-7-3-4-10-9(11-7)15-6-2-1-5(6)8(13)14/h3-6H,1-2H2,(H,13,14)(H,10,11,12). The van der Waals surface area contributed by atoms with Gasteiger partial charge >= 0.3 is 5.97 Å². The number of H-pyrrole nitrogens is 1. The second kappa shape index (κ2) is 4.06. The number of aliphatic carboxylic acids is 1. The van der Waals surface area contributed by atoms with Crippen LogP contribution in [0.1, 0.15) is 12.8 Å². The van der Waals surface area contributed by atoms with E-state index in [0.29, 0.717) is 11.6 Å². The van der Waals surface area contributed by atoms with Crippen molar-refractivity contribution in [3.8, 4) is 0 Å². The van der Waals surface area contributed by atoms with E-state index in [1.807, 2.05) is 0 Å². The summed E-state index contributed by atoms with van der Waals surface area (Å²) in [5, 5.41) is 9.36. The zero-order valence-electron chi connectivity index (χ0n) is 7.84. The molecule has 0 radical (unpaired) electrons. The topological polar surface area (TPSA) is 83.0 Å². The monoisotopic (exact) mass is 226 g/mol. The van der Waals surface area contributed by atoms with Gasteiger partial charge in [-0.15, -0.1) is 0 Å². The van der Waals surface area contributed by atoms with Gasteiger partial charge in [-0.05, 0) is 12.8 Å². The summed E-state index contributed by atoms with van der Waals surface area (Å²) in [6, 6.07) is 1.33. The Morgan fingerprint density at radius 2 is 2.40 bits per heavy atom. The predicted molar refractivity (Wildman–Crippen MR) is 54.9 cm³/mol. The highest BCUT2D eigenvalue weighted by Gasteiger charge is 2.37. The van der Waals surface area contributed by atoms with Crippen LogP contribution in [0, 0.1) is 5.92 Å². The number of carboxylic acids is 1. The molecular weight excluding hydrogens is 216 g/mol. The van der Waals surface area contributed by atoms with Crippen LogP contribution in [0.15, 0.2) is 22.2 Å². The molecule has 0 spiro atoms. The van der Waals surface area contributed by atoms with Crippen LogP contribution in [-0.4, -0.2) is 26.3 Å². The minimum atomic E-state index is -0.767. The molecule has 2 rings (SSSR count). The molecule has 0 amide bonds. The Kier molecular flexibility index (Phi) is 2.77. The molecule has 6 heteroatoms. The van der Waals surface area contributed by atoms with Gasteiger partial charge in [-0.25, -0.2) is 4.98 Å². The third-order valence-electron chi connectivity index (χ3n) is 2.44. The first-order chi connectivity index (χ1) is 7.16. The highest BCUT2D eigenvalue weighted by atomic mass is 32.2. The molecule has 1 saturated carbocycles. The van der Waals surface area contributed by atoms with Gasteiger partial charge in [0.15, 0.2) is 5.16 Å². The van der Waals surface area contributed by atoms with Crippen LogP contribution in [0.2, 0.25) is 0 Å². The second-order valence-corrected chi connectivity index (χ2v) is 4.65. The van der Waals surface area contributed by atoms with Crippen molar-refractivity contribution in [3.05, 3.63) is 22.6 Å². The smallest absolute Gasteiger partial charge is 0.307 e. The molecule has 1 aliphatic carbocycles. The molecule has 5 nitrogen and oxygen atoms in total. The molecule has 80 valence electrons. The van der Waals surface area contributed by atoms with E-state index in [4.69, 9.17) is 5.11 Å². The third-order valence-corrected chi connectivity index (χ3v) is 3.74. The maximum absolute atomic E-state index is 11.0. The quantitative estimate of drug-likeness (QED) is 0.742. The highest BCUT2D eigenvalue weighted by molar-refractivity contribution is 7.99. The molecule has 0 bridgehead atoms. The summed E-state index contributed by atoms with van der Waals surface area (Å²) in [6.07, 6.45) is 3.00. The van der Waals surface area contributed by atoms with E-state index < -0.39 is 5.97 Å². The number of nitrogens with zero attached hydrogens (tertiary/aromatic N) is 1. The highest BCUT2D eigenvalue weighted by Crippen LogP contribution is 2.39. The zero-order chi connectivity index (χ0) is 10.8. The molecule has 15 heavy (non-hydrogen) atoms. The van der Waals surface area contributed by atoms with Crippen LogP contribution in [-0.2, 0) is 4.79 Å². The van der Waals surface area contributed by atoms with Gasteiger partial charge in [0.1, 0.15) is 0 Å². The van der Waals surface area contributed by atoms with E-state index in [9.17, 15) is 9.59 Å². The van der Waals surface area contributed by atoms with Gasteiger partial charge in [0, 0.05) is 17.5 Å². The first-order valence-corrected chi connectivity index (χ1v) is 5.49. The molecule has 1 heterocycles. The number of aromatic amines is 1. The number of rotatable bonds is 3. The van der Waals surface area contributed by atoms with Crippen LogP contribution in [0.4, 0.5) is 0 Å².